The van der Waals surface area contributed by atoms with Gasteiger partial charge in [-0.1, -0.05) is 28.1 Å². The van der Waals surface area contributed by atoms with Gasteiger partial charge in [0.1, 0.15) is 6.07 Å². The fourth-order valence-electron chi connectivity index (χ4n) is 2.73. The van der Waals surface area contributed by atoms with Crippen LogP contribution in [-0.2, 0) is 0 Å². The lowest BCUT2D eigenvalue weighted by atomic mass is 9.89. The third kappa shape index (κ3) is 3.22. The van der Waals surface area contributed by atoms with Crippen LogP contribution in [0.1, 0.15) is 30.0 Å². The standard InChI is InChI=1S/C16H15BrN4/c17-14-3-1-12(2-4-14)13-7-9-21(10-8-13)16-6-5-15(11-18)19-20-16/h1-6,13H,7-10H2. The number of nitrogens with zero attached hydrogens (tertiary/aromatic N) is 4. The van der Waals surface area contributed by atoms with Gasteiger partial charge in [-0.15, -0.1) is 10.2 Å². The minimum absolute atomic E-state index is 0.364. The smallest absolute Gasteiger partial charge is 0.163 e. The summed E-state index contributed by atoms with van der Waals surface area (Å²) in [6, 6.07) is 14.2. The molecule has 0 aliphatic carbocycles. The van der Waals surface area contributed by atoms with Crippen LogP contribution in [0.25, 0.3) is 0 Å². The Kier molecular flexibility index (Phi) is 4.16. The lowest BCUT2D eigenvalue weighted by molar-refractivity contribution is 0.501. The number of halogens is 1. The zero-order valence-corrected chi connectivity index (χ0v) is 13.1. The number of rotatable bonds is 2. The van der Waals surface area contributed by atoms with Crippen molar-refractivity contribution in [3.05, 3.63) is 52.1 Å². The van der Waals surface area contributed by atoms with Crippen LogP contribution in [-0.4, -0.2) is 23.3 Å². The average molecular weight is 343 g/mol. The Hall–Kier alpha value is -1.93. The molecule has 0 spiro atoms. The second-order valence-corrected chi connectivity index (χ2v) is 6.12. The molecule has 1 saturated heterocycles. The van der Waals surface area contributed by atoms with Gasteiger partial charge in [-0.3, -0.25) is 0 Å². The highest BCUT2D eigenvalue weighted by molar-refractivity contribution is 9.10. The van der Waals surface area contributed by atoms with Crippen molar-refractivity contribution in [2.75, 3.05) is 18.0 Å². The fourth-order valence-corrected chi connectivity index (χ4v) is 2.99. The zero-order valence-electron chi connectivity index (χ0n) is 11.5. The van der Waals surface area contributed by atoms with Crippen molar-refractivity contribution in [1.82, 2.24) is 10.2 Å². The van der Waals surface area contributed by atoms with Crippen LogP contribution in [0.4, 0.5) is 5.82 Å². The summed E-state index contributed by atoms with van der Waals surface area (Å²) >= 11 is 3.47. The quantitative estimate of drug-likeness (QED) is 0.838. The van der Waals surface area contributed by atoms with Crippen LogP contribution in [0.2, 0.25) is 0 Å². The number of hydrogen-bond acceptors (Lipinski definition) is 4. The monoisotopic (exact) mass is 342 g/mol. The Labute approximate surface area is 132 Å². The predicted octanol–water partition coefficient (Wildman–Crippen LogP) is 3.49. The van der Waals surface area contributed by atoms with E-state index in [1.807, 2.05) is 12.1 Å². The molecule has 2 aromatic rings. The summed E-state index contributed by atoms with van der Waals surface area (Å²) < 4.78 is 1.12. The van der Waals surface area contributed by atoms with Crippen LogP contribution >= 0.6 is 15.9 Å². The molecule has 0 saturated carbocycles. The van der Waals surface area contributed by atoms with E-state index in [2.05, 4.69) is 55.3 Å². The molecule has 0 amide bonds. The lowest BCUT2D eigenvalue weighted by Gasteiger charge is -2.32. The van der Waals surface area contributed by atoms with Crippen LogP contribution in [0, 0.1) is 11.3 Å². The van der Waals surface area contributed by atoms with Crippen molar-refractivity contribution < 1.29 is 0 Å². The van der Waals surface area contributed by atoms with Crippen molar-refractivity contribution in [2.24, 2.45) is 0 Å². The molecule has 1 fully saturated rings. The second kappa shape index (κ2) is 6.23. The van der Waals surface area contributed by atoms with E-state index in [0.717, 1.165) is 36.2 Å². The van der Waals surface area contributed by atoms with Crippen LogP contribution in [0.5, 0.6) is 0 Å². The first kappa shape index (κ1) is 14.0. The Morgan fingerprint density at radius 1 is 1.05 bits per heavy atom. The predicted molar refractivity (Wildman–Crippen MR) is 85.1 cm³/mol. The van der Waals surface area contributed by atoms with Crippen LogP contribution in [0.15, 0.2) is 40.9 Å². The normalized spacial score (nSPS) is 15.7. The van der Waals surface area contributed by atoms with Crippen molar-refractivity contribution >= 4 is 21.7 Å². The van der Waals surface area contributed by atoms with E-state index >= 15 is 0 Å². The highest BCUT2D eigenvalue weighted by Crippen LogP contribution is 2.30. The van der Waals surface area contributed by atoms with Gasteiger partial charge in [0.15, 0.2) is 11.5 Å². The molecule has 0 atom stereocenters. The van der Waals surface area contributed by atoms with Gasteiger partial charge in [0.2, 0.25) is 0 Å². The highest BCUT2D eigenvalue weighted by atomic mass is 79.9. The lowest BCUT2D eigenvalue weighted by Crippen LogP contribution is -2.33. The third-order valence-electron chi connectivity index (χ3n) is 3.93. The van der Waals surface area contributed by atoms with Crippen LogP contribution < -0.4 is 4.90 Å². The zero-order chi connectivity index (χ0) is 14.7. The molecule has 0 N–H and O–H groups in total. The van der Waals surface area contributed by atoms with E-state index in [4.69, 9.17) is 5.26 Å². The first-order valence-electron chi connectivity index (χ1n) is 7.00. The third-order valence-corrected chi connectivity index (χ3v) is 4.45. The summed E-state index contributed by atoms with van der Waals surface area (Å²) in [7, 11) is 0. The number of nitriles is 1. The molecule has 3 rings (SSSR count). The minimum Gasteiger partial charge on any atom is -0.355 e. The molecule has 1 aliphatic heterocycles. The summed E-state index contributed by atoms with van der Waals surface area (Å²) in [4.78, 5) is 2.24. The number of piperidine rings is 1. The minimum atomic E-state index is 0.364. The molecular formula is C16H15BrN4. The van der Waals surface area contributed by atoms with Crippen molar-refractivity contribution in [2.45, 2.75) is 18.8 Å². The van der Waals surface area contributed by atoms with Crippen molar-refractivity contribution in [3.8, 4) is 6.07 Å². The van der Waals surface area contributed by atoms with E-state index in [-0.39, 0.29) is 0 Å². The summed E-state index contributed by atoms with van der Waals surface area (Å²) in [5, 5.41) is 16.8. The van der Waals surface area contributed by atoms with E-state index < -0.39 is 0 Å². The van der Waals surface area contributed by atoms with Crippen molar-refractivity contribution in [1.29, 1.82) is 5.26 Å². The van der Waals surface area contributed by atoms with Gasteiger partial charge in [0.25, 0.3) is 0 Å². The molecule has 0 unspecified atom stereocenters. The number of benzene rings is 1. The summed E-state index contributed by atoms with van der Waals surface area (Å²) in [6.07, 6.45) is 2.23. The maximum Gasteiger partial charge on any atom is 0.163 e. The van der Waals surface area contributed by atoms with E-state index in [0.29, 0.717) is 11.6 Å². The van der Waals surface area contributed by atoms with E-state index in [9.17, 15) is 0 Å². The molecule has 106 valence electrons. The van der Waals surface area contributed by atoms with Gasteiger partial charge in [-0.2, -0.15) is 5.26 Å². The average Bonchev–Trinajstić information content (AvgIpc) is 2.56. The number of aromatic nitrogens is 2. The van der Waals surface area contributed by atoms with Gasteiger partial charge in [0, 0.05) is 17.6 Å². The topological polar surface area (TPSA) is 52.8 Å². The Balaban J connectivity index is 1.64. The molecule has 4 nitrogen and oxygen atoms in total. The second-order valence-electron chi connectivity index (χ2n) is 5.20. The molecule has 0 bridgehead atoms. The van der Waals surface area contributed by atoms with Gasteiger partial charge in [0.05, 0.1) is 0 Å². The SMILES string of the molecule is N#Cc1ccc(N2CCC(c3ccc(Br)cc3)CC2)nn1. The fraction of sp³-hybridized carbons (Fsp3) is 0.312. The Morgan fingerprint density at radius 3 is 2.33 bits per heavy atom. The van der Waals surface area contributed by atoms with Crippen LogP contribution in [0.3, 0.4) is 0 Å². The molecule has 2 heterocycles. The Bertz CT molecular complexity index is 637. The molecule has 1 aromatic heterocycles. The molecule has 1 aliphatic rings. The maximum absolute atomic E-state index is 8.75. The molecule has 0 radical (unpaired) electrons. The summed E-state index contributed by atoms with van der Waals surface area (Å²) in [5.41, 5.74) is 1.77. The maximum atomic E-state index is 8.75. The Morgan fingerprint density at radius 2 is 1.76 bits per heavy atom. The molecule has 5 heteroatoms. The molecule has 21 heavy (non-hydrogen) atoms. The van der Waals surface area contributed by atoms with E-state index in [1.165, 1.54) is 5.56 Å². The molecular weight excluding hydrogens is 328 g/mol. The number of hydrogen-bond donors (Lipinski definition) is 0. The summed E-state index contributed by atoms with van der Waals surface area (Å²) in [5.74, 6) is 1.48. The highest BCUT2D eigenvalue weighted by Gasteiger charge is 2.21. The van der Waals surface area contributed by atoms with Crippen molar-refractivity contribution in [3.63, 3.8) is 0 Å². The number of anilines is 1. The molecule has 1 aromatic carbocycles. The first-order chi connectivity index (χ1) is 10.3. The van der Waals surface area contributed by atoms with Gasteiger partial charge in [-0.05, 0) is 48.6 Å². The van der Waals surface area contributed by atoms with Gasteiger partial charge < -0.3 is 4.90 Å². The first-order valence-corrected chi connectivity index (χ1v) is 7.80. The van der Waals surface area contributed by atoms with Gasteiger partial charge in [-0.25, -0.2) is 0 Å². The van der Waals surface area contributed by atoms with E-state index in [1.54, 1.807) is 6.07 Å². The largest absolute Gasteiger partial charge is 0.355 e. The van der Waals surface area contributed by atoms with Gasteiger partial charge >= 0.3 is 0 Å². The summed E-state index contributed by atoms with van der Waals surface area (Å²) in [6.45, 7) is 1.95.